The number of rotatable bonds is 3. The molecule has 3 rings (SSSR count). The van der Waals surface area contributed by atoms with E-state index in [1.807, 2.05) is 38.1 Å². The second kappa shape index (κ2) is 5.92. The lowest BCUT2D eigenvalue weighted by atomic mass is 10.2. The Hall–Kier alpha value is -3.15. The van der Waals surface area contributed by atoms with E-state index in [-0.39, 0.29) is 5.69 Å². The standard InChI is InChI=1S/C17H16N4O2/c1-11-3-7-13(8-4-11)18-16(22)15-17(23)21(20-19-15)14-9-5-12(2)6-10-14/h3-10,20H,1-2H3,(H,18,22)/p-1. The molecule has 0 aliphatic rings. The van der Waals surface area contributed by atoms with E-state index < -0.39 is 11.5 Å². The van der Waals surface area contributed by atoms with E-state index >= 15 is 0 Å². The Morgan fingerprint density at radius 3 is 2.22 bits per heavy atom. The number of hydrogen-bond acceptors (Lipinski definition) is 4. The molecule has 1 N–H and O–H groups in total. The molecule has 6 heteroatoms. The number of hydrogen-bond donors (Lipinski definition) is 1. The number of aliphatic imine (C=N–C) groups is 1. The van der Waals surface area contributed by atoms with Gasteiger partial charge in [-0.15, -0.1) is 0 Å². The van der Waals surface area contributed by atoms with Crippen LogP contribution in [0.1, 0.15) is 16.8 Å². The molecule has 2 aromatic carbocycles. The summed E-state index contributed by atoms with van der Waals surface area (Å²) in [6, 6.07) is 14.4. The van der Waals surface area contributed by atoms with Crippen LogP contribution < -0.4 is 10.7 Å². The number of benzene rings is 2. The Morgan fingerprint density at radius 2 is 1.61 bits per heavy atom. The van der Waals surface area contributed by atoms with Crippen molar-refractivity contribution in [2.24, 2.45) is 4.99 Å². The molecule has 1 heterocycles. The van der Waals surface area contributed by atoms with Gasteiger partial charge in [0.1, 0.15) is 0 Å². The zero-order valence-electron chi connectivity index (χ0n) is 12.8. The summed E-state index contributed by atoms with van der Waals surface area (Å²) in [4.78, 5) is 16.2. The first kappa shape index (κ1) is 14.8. The summed E-state index contributed by atoms with van der Waals surface area (Å²) in [7, 11) is 0. The van der Waals surface area contributed by atoms with Gasteiger partial charge in [0.2, 0.25) is 0 Å². The highest BCUT2D eigenvalue weighted by atomic mass is 16.3. The van der Waals surface area contributed by atoms with Crippen LogP contribution >= 0.6 is 0 Å². The molecule has 116 valence electrons. The van der Waals surface area contributed by atoms with Crippen LogP contribution in [0.4, 0.5) is 5.69 Å². The van der Waals surface area contributed by atoms with Gasteiger partial charge >= 0.3 is 0 Å². The first-order chi connectivity index (χ1) is 11.0. The van der Waals surface area contributed by atoms with Crippen LogP contribution in [0.5, 0.6) is 0 Å². The van der Waals surface area contributed by atoms with Crippen molar-refractivity contribution in [3.05, 3.63) is 75.7 Å². The van der Waals surface area contributed by atoms with Crippen LogP contribution in [0.2, 0.25) is 0 Å². The van der Waals surface area contributed by atoms with Gasteiger partial charge in [0.05, 0.1) is 11.4 Å². The van der Waals surface area contributed by atoms with Crippen LogP contribution in [-0.4, -0.2) is 20.9 Å². The third-order valence-electron chi connectivity index (χ3n) is 3.43. The monoisotopic (exact) mass is 307 g/mol. The van der Waals surface area contributed by atoms with Crippen molar-refractivity contribution >= 4 is 11.6 Å². The summed E-state index contributed by atoms with van der Waals surface area (Å²) in [5.74, 6) is -0.666. The average Bonchev–Trinajstić information content (AvgIpc) is 2.92. The van der Waals surface area contributed by atoms with Crippen molar-refractivity contribution in [2.75, 3.05) is 0 Å². The van der Waals surface area contributed by atoms with Crippen LogP contribution in [0.15, 0.2) is 58.3 Å². The fourth-order valence-corrected chi connectivity index (χ4v) is 2.10. The van der Waals surface area contributed by atoms with Gasteiger partial charge in [-0.1, -0.05) is 35.4 Å². The summed E-state index contributed by atoms with van der Waals surface area (Å²) in [5.41, 5.74) is 2.50. The Balaban J connectivity index is 1.96. The molecule has 0 aliphatic heterocycles. The topological polar surface area (TPSA) is 86.1 Å². The molecule has 0 spiro atoms. The van der Waals surface area contributed by atoms with E-state index in [1.165, 1.54) is 4.68 Å². The zero-order valence-corrected chi connectivity index (χ0v) is 12.8. The van der Waals surface area contributed by atoms with Crippen molar-refractivity contribution in [3.63, 3.8) is 0 Å². The van der Waals surface area contributed by atoms with Gasteiger partial charge in [0.25, 0.3) is 5.56 Å². The van der Waals surface area contributed by atoms with E-state index in [4.69, 9.17) is 0 Å². The number of nitrogens with zero attached hydrogens (tertiary/aromatic N) is 3. The van der Waals surface area contributed by atoms with Gasteiger partial charge in [-0.3, -0.25) is 9.79 Å². The molecule has 0 bridgehead atoms. The minimum Gasteiger partial charge on any atom is -0.857 e. The number of aromatic amines is 1. The van der Waals surface area contributed by atoms with Gasteiger partial charge in [0, 0.05) is 5.90 Å². The summed E-state index contributed by atoms with van der Waals surface area (Å²) >= 11 is 0. The molecule has 23 heavy (non-hydrogen) atoms. The van der Waals surface area contributed by atoms with E-state index in [2.05, 4.69) is 15.3 Å². The van der Waals surface area contributed by atoms with Gasteiger partial charge in [-0.05, 0) is 38.1 Å². The Kier molecular flexibility index (Phi) is 3.80. The summed E-state index contributed by atoms with van der Waals surface area (Å²) in [6.07, 6.45) is 0. The normalized spacial score (nSPS) is 11.7. The highest BCUT2D eigenvalue weighted by molar-refractivity contribution is 5.90. The summed E-state index contributed by atoms with van der Waals surface area (Å²) in [6.45, 7) is 3.90. The first-order valence-electron chi connectivity index (χ1n) is 7.12. The highest BCUT2D eigenvalue weighted by Gasteiger charge is 2.09. The predicted octanol–water partition coefficient (Wildman–Crippen LogP) is 1.62. The Labute approximate surface area is 132 Å². The third-order valence-corrected chi connectivity index (χ3v) is 3.43. The second-order valence-electron chi connectivity index (χ2n) is 5.29. The lowest BCUT2D eigenvalue weighted by Gasteiger charge is -2.05. The van der Waals surface area contributed by atoms with Crippen molar-refractivity contribution in [2.45, 2.75) is 13.8 Å². The molecule has 0 amide bonds. The molecule has 0 radical (unpaired) electrons. The van der Waals surface area contributed by atoms with E-state index in [9.17, 15) is 9.90 Å². The molecule has 3 aromatic rings. The van der Waals surface area contributed by atoms with Crippen LogP contribution in [0.25, 0.3) is 5.69 Å². The minimum absolute atomic E-state index is 0.230. The van der Waals surface area contributed by atoms with Crippen LogP contribution in [0, 0.1) is 13.8 Å². The number of nitrogens with one attached hydrogen (secondary N) is 1. The quantitative estimate of drug-likeness (QED) is 0.589. The van der Waals surface area contributed by atoms with Gasteiger partial charge in [-0.25, -0.2) is 9.90 Å². The van der Waals surface area contributed by atoms with Crippen molar-refractivity contribution in [1.82, 2.24) is 15.0 Å². The third kappa shape index (κ3) is 3.06. The maximum atomic E-state index is 12.3. The fourth-order valence-electron chi connectivity index (χ4n) is 2.10. The van der Waals surface area contributed by atoms with E-state index in [1.54, 1.807) is 24.3 Å². The summed E-state index contributed by atoms with van der Waals surface area (Å²) < 4.78 is 1.22. The number of aryl methyl sites for hydroxylation is 2. The average molecular weight is 307 g/mol. The largest absolute Gasteiger partial charge is 0.857 e. The fraction of sp³-hybridized carbons (Fsp3) is 0.118. The lowest BCUT2D eigenvalue weighted by molar-refractivity contribution is -0.213. The van der Waals surface area contributed by atoms with Crippen molar-refractivity contribution < 1.29 is 5.11 Å². The Bertz CT molecular complexity index is 903. The molecule has 0 atom stereocenters. The molecular formula is C17H15N4O2-. The molecular weight excluding hydrogens is 292 g/mol. The first-order valence-corrected chi connectivity index (χ1v) is 7.12. The van der Waals surface area contributed by atoms with E-state index in [0.29, 0.717) is 11.4 Å². The van der Waals surface area contributed by atoms with Gasteiger partial charge < -0.3 is 5.11 Å². The highest BCUT2D eigenvalue weighted by Crippen LogP contribution is 2.13. The maximum Gasteiger partial charge on any atom is 0.299 e. The minimum atomic E-state index is -0.666. The summed E-state index contributed by atoms with van der Waals surface area (Å²) in [5, 5.41) is 18.5. The van der Waals surface area contributed by atoms with Gasteiger partial charge in [0.15, 0.2) is 5.69 Å². The lowest BCUT2D eigenvalue weighted by Crippen LogP contribution is -2.28. The smallest absolute Gasteiger partial charge is 0.299 e. The number of H-pyrrole nitrogens is 1. The Morgan fingerprint density at radius 1 is 1.04 bits per heavy atom. The maximum absolute atomic E-state index is 12.3. The van der Waals surface area contributed by atoms with Gasteiger partial charge in [-0.2, -0.15) is 5.10 Å². The van der Waals surface area contributed by atoms with E-state index in [0.717, 1.165) is 11.1 Å². The van der Waals surface area contributed by atoms with Crippen LogP contribution in [0.3, 0.4) is 0 Å². The predicted molar refractivity (Wildman–Crippen MR) is 86.3 cm³/mol. The molecule has 0 unspecified atom stereocenters. The molecule has 1 aromatic heterocycles. The van der Waals surface area contributed by atoms with Crippen molar-refractivity contribution in [3.8, 4) is 5.69 Å². The molecule has 0 aliphatic carbocycles. The molecule has 0 saturated carbocycles. The molecule has 0 saturated heterocycles. The second-order valence-corrected chi connectivity index (χ2v) is 5.29. The molecule has 6 nitrogen and oxygen atoms in total. The molecule has 0 fully saturated rings. The SMILES string of the molecule is Cc1ccc(N=C([O-])c2n[nH]n(-c3ccc(C)cc3)c2=O)cc1. The zero-order chi connectivity index (χ0) is 16.4. The van der Waals surface area contributed by atoms with Crippen molar-refractivity contribution in [1.29, 1.82) is 0 Å². The number of aromatic nitrogens is 3. The van der Waals surface area contributed by atoms with Crippen LogP contribution in [-0.2, 0) is 0 Å².